The van der Waals surface area contributed by atoms with Crippen LogP contribution in [-0.4, -0.2) is 67.8 Å². The number of methoxy groups -OCH3 is 1. The van der Waals surface area contributed by atoms with Crippen molar-refractivity contribution in [2.24, 2.45) is 5.73 Å². The van der Waals surface area contributed by atoms with Crippen LogP contribution in [0.2, 0.25) is 5.02 Å². The van der Waals surface area contributed by atoms with Gasteiger partial charge in [-0.25, -0.2) is 9.67 Å². The zero-order valence-electron chi connectivity index (χ0n) is 19.6. The zero-order valence-corrected chi connectivity index (χ0v) is 20.4. The van der Waals surface area contributed by atoms with Gasteiger partial charge in [0.05, 0.1) is 35.0 Å². The number of rotatable bonds is 7. The minimum atomic E-state index is -0.847. The average molecular weight is 498 g/mol. The van der Waals surface area contributed by atoms with Crippen LogP contribution in [0.25, 0.3) is 11.0 Å². The first-order valence-electron chi connectivity index (χ1n) is 11.2. The quantitative estimate of drug-likeness (QED) is 0.334. The number of aromatic nitrogens is 4. The third kappa shape index (κ3) is 4.63. The number of carbonyl (C=O) groups excluding carboxylic acids is 1. The highest BCUT2D eigenvalue weighted by molar-refractivity contribution is 6.32. The second-order valence-electron chi connectivity index (χ2n) is 8.36. The van der Waals surface area contributed by atoms with Gasteiger partial charge in [-0.05, 0) is 37.5 Å². The van der Waals surface area contributed by atoms with Crippen LogP contribution in [0.1, 0.15) is 41.0 Å². The summed E-state index contributed by atoms with van der Waals surface area (Å²) in [5, 5.41) is 15.3. The number of amides is 1. The molecule has 3 aromatic rings. The number of fused-ring (bicyclic) bond motifs is 1. The van der Waals surface area contributed by atoms with E-state index < -0.39 is 12.1 Å². The van der Waals surface area contributed by atoms with Crippen LogP contribution >= 0.6 is 11.6 Å². The molecule has 0 spiro atoms. The van der Waals surface area contributed by atoms with Crippen molar-refractivity contribution in [3.8, 4) is 11.8 Å². The van der Waals surface area contributed by atoms with E-state index in [9.17, 15) is 9.90 Å². The van der Waals surface area contributed by atoms with Crippen molar-refractivity contribution in [1.29, 1.82) is 0 Å². The Kier molecular flexibility index (Phi) is 7.14. The lowest BCUT2D eigenvalue weighted by molar-refractivity contribution is 0.00605. The van der Waals surface area contributed by atoms with Crippen molar-refractivity contribution in [2.75, 3.05) is 26.0 Å². The lowest BCUT2D eigenvalue weighted by Crippen LogP contribution is -2.40. The molecule has 0 radical (unpaired) electrons. The van der Waals surface area contributed by atoms with Crippen molar-refractivity contribution >= 4 is 34.4 Å². The highest BCUT2D eigenvalue weighted by atomic mass is 35.5. The van der Waals surface area contributed by atoms with Gasteiger partial charge in [-0.1, -0.05) is 24.1 Å². The number of nitrogens with zero attached hydrogens (tertiary/aromatic N) is 5. The van der Waals surface area contributed by atoms with Gasteiger partial charge >= 0.3 is 0 Å². The fourth-order valence-corrected chi connectivity index (χ4v) is 4.72. The lowest BCUT2D eigenvalue weighted by atomic mass is 10.1. The SMILES string of the molecule is C=CC(O)N1C[C@@H](n2nc(C#Cc3cc4ncn(CC)c4cc3Cl)c(C(N)=O)c2N)C[C@@H]1COC. The molecule has 184 valence electrons. The summed E-state index contributed by atoms with van der Waals surface area (Å²) in [6.45, 7) is 7.30. The molecular weight excluding hydrogens is 470 g/mol. The molecule has 1 aliphatic rings. The summed E-state index contributed by atoms with van der Waals surface area (Å²) < 4.78 is 8.84. The smallest absolute Gasteiger partial charge is 0.255 e. The maximum Gasteiger partial charge on any atom is 0.255 e. The first-order chi connectivity index (χ1) is 16.8. The number of nitrogen functional groups attached to an aromatic ring is 1. The molecule has 11 heteroatoms. The van der Waals surface area contributed by atoms with Gasteiger partial charge in [0.25, 0.3) is 5.91 Å². The van der Waals surface area contributed by atoms with E-state index in [-0.39, 0.29) is 29.2 Å². The predicted molar refractivity (Wildman–Crippen MR) is 134 cm³/mol. The molecule has 3 atom stereocenters. The van der Waals surface area contributed by atoms with Crippen LogP contribution in [-0.2, 0) is 11.3 Å². The number of hydrogen-bond acceptors (Lipinski definition) is 7. The summed E-state index contributed by atoms with van der Waals surface area (Å²) in [5.41, 5.74) is 14.4. The molecule has 2 aromatic heterocycles. The third-order valence-corrected chi connectivity index (χ3v) is 6.56. The molecule has 4 rings (SSSR count). The number of benzene rings is 1. The number of aliphatic hydroxyl groups is 1. The molecule has 3 heterocycles. The summed E-state index contributed by atoms with van der Waals surface area (Å²) in [5.74, 6) is 5.30. The first-order valence-corrected chi connectivity index (χ1v) is 11.6. The van der Waals surface area contributed by atoms with Crippen LogP contribution in [0.4, 0.5) is 5.82 Å². The second-order valence-corrected chi connectivity index (χ2v) is 8.77. The molecule has 1 fully saturated rings. The van der Waals surface area contributed by atoms with E-state index in [2.05, 4.69) is 28.5 Å². The summed E-state index contributed by atoms with van der Waals surface area (Å²) in [7, 11) is 1.60. The highest BCUT2D eigenvalue weighted by Crippen LogP contribution is 2.32. The number of primary amides is 1. The molecule has 1 amide bonds. The van der Waals surface area contributed by atoms with Crippen molar-refractivity contribution in [3.05, 3.63) is 53.0 Å². The van der Waals surface area contributed by atoms with E-state index >= 15 is 0 Å². The van der Waals surface area contributed by atoms with E-state index in [1.165, 1.54) is 6.08 Å². The van der Waals surface area contributed by atoms with E-state index in [0.717, 1.165) is 17.6 Å². The Labute approximate surface area is 208 Å². The fourth-order valence-electron chi connectivity index (χ4n) is 4.52. The number of halogens is 1. The van der Waals surface area contributed by atoms with Gasteiger partial charge in [0.1, 0.15) is 17.6 Å². The lowest BCUT2D eigenvalue weighted by Gasteiger charge is -2.26. The molecule has 35 heavy (non-hydrogen) atoms. The van der Waals surface area contributed by atoms with Gasteiger partial charge in [0, 0.05) is 31.8 Å². The Morgan fingerprint density at radius 1 is 1.46 bits per heavy atom. The zero-order chi connectivity index (χ0) is 25.3. The molecule has 0 saturated carbocycles. The Morgan fingerprint density at radius 3 is 2.89 bits per heavy atom. The predicted octanol–water partition coefficient (Wildman–Crippen LogP) is 1.75. The number of carbonyl (C=O) groups is 1. The number of nitrogens with two attached hydrogens (primary N) is 2. The fraction of sp³-hybridized carbons (Fsp3) is 0.375. The van der Waals surface area contributed by atoms with Crippen molar-refractivity contribution < 1.29 is 14.6 Å². The summed E-state index contributed by atoms with van der Waals surface area (Å²) in [6.07, 6.45) is 2.95. The summed E-state index contributed by atoms with van der Waals surface area (Å²) >= 11 is 6.47. The van der Waals surface area contributed by atoms with Gasteiger partial charge in [0.2, 0.25) is 0 Å². The minimum absolute atomic E-state index is 0.0518. The molecule has 1 unspecified atom stereocenters. The van der Waals surface area contributed by atoms with Crippen LogP contribution in [0.15, 0.2) is 31.1 Å². The molecule has 5 N–H and O–H groups in total. The van der Waals surface area contributed by atoms with Crippen LogP contribution in [0.3, 0.4) is 0 Å². The van der Waals surface area contributed by atoms with Crippen LogP contribution in [0, 0.1) is 11.8 Å². The van der Waals surface area contributed by atoms with E-state index in [0.29, 0.717) is 30.2 Å². The second kappa shape index (κ2) is 10.1. The third-order valence-electron chi connectivity index (χ3n) is 6.25. The number of ether oxygens (including phenoxy) is 1. The summed E-state index contributed by atoms with van der Waals surface area (Å²) in [4.78, 5) is 18.5. The van der Waals surface area contributed by atoms with Crippen LogP contribution in [0.5, 0.6) is 0 Å². The maximum atomic E-state index is 12.2. The van der Waals surface area contributed by atoms with Crippen molar-refractivity contribution in [2.45, 2.75) is 38.2 Å². The van der Waals surface area contributed by atoms with Crippen molar-refractivity contribution in [1.82, 2.24) is 24.2 Å². The highest BCUT2D eigenvalue weighted by Gasteiger charge is 2.38. The Balaban J connectivity index is 1.70. The maximum absolute atomic E-state index is 12.2. The number of aliphatic hydroxyl groups excluding tert-OH is 1. The molecule has 1 aromatic carbocycles. The minimum Gasteiger partial charge on any atom is -0.383 e. The Hall–Kier alpha value is -3.36. The number of anilines is 1. The topological polar surface area (TPSA) is 137 Å². The molecular formula is C24H28ClN7O3. The normalized spacial score (nSPS) is 19.0. The number of imidazole rings is 1. The Morgan fingerprint density at radius 2 is 2.23 bits per heavy atom. The number of hydrogen-bond donors (Lipinski definition) is 3. The van der Waals surface area contributed by atoms with Gasteiger partial charge in [-0.15, -0.1) is 0 Å². The molecule has 1 saturated heterocycles. The van der Waals surface area contributed by atoms with E-state index in [1.54, 1.807) is 24.2 Å². The van der Waals surface area contributed by atoms with E-state index in [4.69, 9.17) is 27.8 Å². The van der Waals surface area contributed by atoms with Crippen LogP contribution < -0.4 is 11.5 Å². The average Bonchev–Trinajstić information content (AvgIpc) is 3.52. The Bertz CT molecular complexity index is 1340. The first kappa shape index (κ1) is 24.8. The standard InChI is InChI=1S/C24H28ClN7O3/c1-4-21(33)31-11-15(9-16(31)12-35-3)32-23(26)22(24(27)34)18(29-32)7-6-14-8-19-20(10-17(14)25)30(5-2)13-28-19/h4,8,10,13,15-16,21,33H,1,5,9,11-12,26H2,2-3H3,(H2,27,34)/t15-,16+,21?/m0/s1. The van der Waals surface area contributed by atoms with E-state index in [1.807, 2.05) is 22.5 Å². The molecule has 0 aliphatic carbocycles. The number of likely N-dealkylation sites (tertiary alicyclic amines) is 1. The molecule has 10 nitrogen and oxygen atoms in total. The van der Waals surface area contributed by atoms with Gasteiger partial charge < -0.3 is 25.9 Å². The largest absolute Gasteiger partial charge is 0.383 e. The van der Waals surface area contributed by atoms with Gasteiger partial charge in [0.15, 0.2) is 5.69 Å². The summed E-state index contributed by atoms with van der Waals surface area (Å²) in [6, 6.07) is 3.30. The number of aryl methyl sites for hydroxylation is 1. The molecule has 1 aliphatic heterocycles. The van der Waals surface area contributed by atoms with Crippen molar-refractivity contribution in [3.63, 3.8) is 0 Å². The van der Waals surface area contributed by atoms with Gasteiger partial charge in [-0.3, -0.25) is 9.69 Å². The monoisotopic (exact) mass is 497 g/mol. The van der Waals surface area contributed by atoms with Gasteiger partial charge in [-0.2, -0.15) is 5.10 Å². The molecule has 0 bridgehead atoms.